The van der Waals surface area contributed by atoms with Crippen molar-refractivity contribution in [3.63, 3.8) is 0 Å². The molecule has 0 spiro atoms. The molecule has 0 aliphatic carbocycles. The number of guanidine groups is 1. The first-order valence-electron chi connectivity index (χ1n) is 7.78. The fraction of sp³-hybridized carbons (Fsp3) is 0.278. The predicted molar refractivity (Wildman–Crippen MR) is 95.9 cm³/mol. The lowest BCUT2D eigenvalue weighted by Gasteiger charge is -2.19. The fourth-order valence-corrected chi connectivity index (χ4v) is 2.55. The molecule has 4 nitrogen and oxygen atoms in total. The van der Waals surface area contributed by atoms with Gasteiger partial charge in [-0.3, -0.25) is 0 Å². The Morgan fingerprint density at radius 1 is 1.29 bits per heavy atom. The van der Waals surface area contributed by atoms with Crippen LogP contribution in [-0.4, -0.2) is 17.6 Å². The average Bonchev–Trinajstić information content (AvgIpc) is 2.56. The summed E-state index contributed by atoms with van der Waals surface area (Å²) in [6, 6.07) is 11.8. The van der Waals surface area contributed by atoms with E-state index < -0.39 is 5.82 Å². The van der Waals surface area contributed by atoms with Crippen LogP contribution in [0.25, 0.3) is 0 Å². The van der Waals surface area contributed by atoms with Crippen LogP contribution in [0.1, 0.15) is 31.0 Å². The summed E-state index contributed by atoms with van der Waals surface area (Å²) in [7, 11) is 0. The summed E-state index contributed by atoms with van der Waals surface area (Å²) in [5.74, 6) is -0.399. The minimum atomic E-state index is -0.648. The standard InChI is InChI=1S/C18H21ClFN3O/c1-3-21-18(22-11-13-8-9-17(24)16(20)10-13)23-12(2)14-6-4-5-7-15(14)19/h4-10,12,24H,3,11H2,1-2H3,(H2,21,22,23). The topological polar surface area (TPSA) is 56.7 Å². The van der Waals surface area contributed by atoms with Gasteiger partial charge in [0, 0.05) is 11.6 Å². The third-order valence-corrected chi connectivity index (χ3v) is 3.85. The molecule has 24 heavy (non-hydrogen) atoms. The summed E-state index contributed by atoms with van der Waals surface area (Å²) in [5.41, 5.74) is 1.65. The summed E-state index contributed by atoms with van der Waals surface area (Å²) in [4.78, 5) is 4.45. The second-order valence-corrected chi connectivity index (χ2v) is 5.78. The molecule has 1 unspecified atom stereocenters. The van der Waals surface area contributed by atoms with Crippen molar-refractivity contribution in [1.29, 1.82) is 0 Å². The maximum Gasteiger partial charge on any atom is 0.192 e. The highest BCUT2D eigenvalue weighted by atomic mass is 35.5. The van der Waals surface area contributed by atoms with E-state index in [1.54, 1.807) is 6.07 Å². The summed E-state index contributed by atoms with van der Waals surface area (Å²) in [6.07, 6.45) is 0. The Bertz CT molecular complexity index is 721. The fourth-order valence-electron chi connectivity index (χ4n) is 2.25. The van der Waals surface area contributed by atoms with Gasteiger partial charge in [-0.2, -0.15) is 0 Å². The molecule has 128 valence electrons. The van der Waals surface area contributed by atoms with Gasteiger partial charge >= 0.3 is 0 Å². The zero-order valence-corrected chi connectivity index (χ0v) is 14.4. The van der Waals surface area contributed by atoms with Crippen LogP contribution in [0.3, 0.4) is 0 Å². The lowest BCUT2D eigenvalue weighted by atomic mass is 10.1. The molecule has 0 heterocycles. The van der Waals surface area contributed by atoms with Crippen molar-refractivity contribution in [2.24, 2.45) is 4.99 Å². The van der Waals surface area contributed by atoms with Gasteiger partial charge < -0.3 is 15.7 Å². The summed E-state index contributed by atoms with van der Waals surface area (Å²) >= 11 is 6.22. The van der Waals surface area contributed by atoms with Gasteiger partial charge in [-0.1, -0.05) is 35.9 Å². The highest BCUT2D eigenvalue weighted by Crippen LogP contribution is 2.22. The minimum Gasteiger partial charge on any atom is -0.505 e. The Morgan fingerprint density at radius 2 is 2.04 bits per heavy atom. The van der Waals surface area contributed by atoms with Gasteiger partial charge in [0.1, 0.15) is 0 Å². The zero-order chi connectivity index (χ0) is 17.5. The molecule has 0 saturated heterocycles. The molecule has 1 atom stereocenters. The smallest absolute Gasteiger partial charge is 0.192 e. The van der Waals surface area contributed by atoms with Crippen molar-refractivity contribution >= 4 is 17.6 Å². The Balaban J connectivity index is 2.10. The third kappa shape index (κ3) is 4.86. The normalized spacial score (nSPS) is 12.8. The molecule has 0 amide bonds. The third-order valence-electron chi connectivity index (χ3n) is 3.50. The van der Waals surface area contributed by atoms with E-state index >= 15 is 0 Å². The second-order valence-electron chi connectivity index (χ2n) is 5.37. The maximum atomic E-state index is 13.4. The van der Waals surface area contributed by atoms with Gasteiger partial charge in [-0.15, -0.1) is 0 Å². The number of halogens is 2. The minimum absolute atomic E-state index is 0.0342. The molecule has 2 rings (SSSR count). The molecule has 2 aromatic rings. The number of aromatic hydroxyl groups is 1. The SMILES string of the molecule is CCNC(=NCc1ccc(O)c(F)c1)NC(C)c1ccccc1Cl. The van der Waals surface area contributed by atoms with Crippen LogP contribution in [0.5, 0.6) is 5.75 Å². The Labute approximate surface area is 146 Å². The molecular formula is C18H21ClFN3O. The Hall–Kier alpha value is -2.27. The quantitative estimate of drug-likeness (QED) is 0.565. The van der Waals surface area contributed by atoms with Crippen LogP contribution in [0.4, 0.5) is 4.39 Å². The average molecular weight is 350 g/mol. The number of hydrogen-bond donors (Lipinski definition) is 3. The van der Waals surface area contributed by atoms with Crippen LogP contribution in [-0.2, 0) is 6.54 Å². The van der Waals surface area contributed by atoms with Crippen molar-refractivity contribution in [3.8, 4) is 5.75 Å². The van der Waals surface area contributed by atoms with Crippen molar-refractivity contribution in [3.05, 3.63) is 64.4 Å². The summed E-state index contributed by atoms with van der Waals surface area (Å²) in [6.45, 7) is 4.96. The van der Waals surface area contributed by atoms with E-state index in [4.69, 9.17) is 11.6 Å². The van der Waals surface area contributed by atoms with Gasteiger partial charge in [0.15, 0.2) is 17.5 Å². The number of benzene rings is 2. The number of rotatable bonds is 5. The van der Waals surface area contributed by atoms with Gasteiger partial charge in [0.05, 0.1) is 12.6 Å². The van der Waals surface area contributed by atoms with Crippen molar-refractivity contribution in [2.75, 3.05) is 6.54 Å². The van der Waals surface area contributed by atoms with E-state index in [1.165, 1.54) is 12.1 Å². The highest BCUT2D eigenvalue weighted by molar-refractivity contribution is 6.31. The van der Waals surface area contributed by atoms with Crippen molar-refractivity contribution in [1.82, 2.24) is 10.6 Å². The molecule has 0 bridgehead atoms. The molecule has 0 saturated carbocycles. The number of nitrogens with one attached hydrogen (secondary N) is 2. The molecule has 0 aromatic heterocycles. The first-order chi connectivity index (χ1) is 11.5. The van der Waals surface area contributed by atoms with E-state index in [0.717, 1.165) is 5.56 Å². The van der Waals surface area contributed by atoms with Crippen LogP contribution in [0.15, 0.2) is 47.5 Å². The molecule has 3 N–H and O–H groups in total. The van der Waals surface area contributed by atoms with E-state index in [9.17, 15) is 9.50 Å². The number of hydrogen-bond acceptors (Lipinski definition) is 2. The lowest BCUT2D eigenvalue weighted by molar-refractivity contribution is 0.432. The second kappa shape index (κ2) is 8.55. The molecule has 6 heteroatoms. The molecule has 0 aliphatic rings. The molecule has 0 radical (unpaired) electrons. The van der Waals surface area contributed by atoms with Gasteiger partial charge in [0.2, 0.25) is 0 Å². The van der Waals surface area contributed by atoms with E-state index in [-0.39, 0.29) is 11.8 Å². The molecule has 2 aromatic carbocycles. The summed E-state index contributed by atoms with van der Waals surface area (Å²) in [5, 5.41) is 16.4. The van der Waals surface area contributed by atoms with E-state index in [0.29, 0.717) is 29.6 Å². The largest absolute Gasteiger partial charge is 0.505 e. The van der Waals surface area contributed by atoms with Crippen LogP contribution >= 0.6 is 11.6 Å². The van der Waals surface area contributed by atoms with Crippen LogP contribution in [0, 0.1) is 5.82 Å². The number of nitrogens with zero attached hydrogens (tertiary/aromatic N) is 1. The Morgan fingerprint density at radius 3 is 2.71 bits per heavy atom. The molecule has 0 fully saturated rings. The number of phenolic OH excluding ortho intramolecular Hbond substituents is 1. The Kier molecular flexibility index (Phi) is 6.44. The number of phenols is 1. The summed E-state index contributed by atoms with van der Waals surface area (Å²) < 4.78 is 13.4. The van der Waals surface area contributed by atoms with Gasteiger partial charge in [0.25, 0.3) is 0 Å². The molecular weight excluding hydrogens is 329 g/mol. The van der Waals surface area contributed by atoms with Crippen LogP contribution < -0.4 is 10.6 Å². The predicted octanol–water partition coefficient (Wildman–Crippen LogP) is 4.00. The van der Waals surface area contributed by atoms with Crippen molar-refractivity contribution in [2.45, 2.75) is 26.4 Å². The van der Waals surface area contributed by atoms with Crippen molar-refractivity contribution < 1.29 is 9.50 Å². The highest BCUT2D eigenvalue weighted by Gasteiger charge is 2.11. The van der Waals surface area contributed by atoms with Gasteiger partial charge in [-0.05, 0) is 43.2 Å². The van der Waals surface area contributed by atoms with E-state index in [1.807, 2.05) is 38.1 Å². The molecule has 0 aliphatic heterocycles. The number of aliphatic imine (C=N–C) groups is 1. The lowest BCUT2D eigenvalue weighted by Crippen LogP contribution is -2.38. The van der Waals surface area contributed by atoms with E-state index in [2.05, 4.69) is 15.6 Å². The van der Waals surface area contributed by atoms with Gasteiger partial charge in [-0.25, -0.2) is 9.38 Å². The first-order valence-corrected chi connectivity index (χ1v) is 8.15. The van der Waals surface area contributed by atoms with Crippen LogP contribution in [0.2, 0.25) is 5.02 Å². The zero-order valence-electron chi connectivity index (χ0n) is 13.7. The maximum absolute atomic E-state index is 13.4. The first kappa shape index (κ1) is 18.1. The monoisotopic (exact) mass is 349 g/mol.